The number of aliphatic hydroxyl groups is 1. The van der Waals surface area contributed by atoms with Gasteiger partial charge < -0.3 is 5.11 Å². The molecule has 4 rings (SSSR count). The molecule has 0 aliphatic rings. The van der Waals surface area contributed by atoms with Crippen molar-refractivity contribution in [1.29, 1.82) is 0 Å². The molecule has 0 amide bonds. The summed E-state index contributed by atoms with van der Waals surface area (Å²) < 4.78 is -0.378. The highest BCUT2D eigenvalue weighted by Crippen LogP contribution is 2.49. The standard InChI is InChI=1S/C25H21NOS2/c27-19-23-18-26-24(29-23)16-17-28-25(20-10-4-1-5-11-20,21-12-6-2-7-13-21)22-14-8-3-9-15-22/h1-18,27H,19H2. The van der Waals surface area contributed by atoms with Crippen molar-refractivity contribution in [3.8, 4) is 0 Å². The van der Waals surface area contributed by atoms with Gasteiger partial charge in [0.15, 0.2) is 0 Å². The summed E-state index contributed by atoms with van der Waals surface area (Å²) in [6.07, 6.45) is 3.76. The lowest BCUT2D eigenvalue weighted by Gasteiger charge is -2.34. The molecule has 144 valence electrons. The molecule has 0 aliphatic carbocycles. The molecule has 29 heavy (non-hydrogen) atoms. The van der Waals surface area contributed by atoms with E-state index in [2.05, 4.69) is 101 Å². The van der Waals surface area contributed by atoms with Gasteiger partial charge in [0, 0.05) is 6.20 Å². The molecule has 0 unspecified atom stereocenters. The third-order valence-corrected chi connectivity index (χ3v) is 7.00. The van der Waals surface area contributed by atoms with Gasteiger partial charge in [0.25, 0.3) is 0 Å². The highest BCUT2D eigenvalue weighted by atomic mass is 32.2. The zero-order valence-corrected chi connectivity index (χ0v) is 17.4. The molecule has 0 fully saturated rings. The van der Waals surface area contributed by atoms with Crippen LogP contribution < -0.4 is 0 Å². The second-order valence-electron chi connectivity index (χ2n) is 6.52. The minimum absolute atomic E-state index is 0.0284. The number of benzene rings is 3. The molecule has 4 heteroatoms. The summed E-state index contributed by atoms with van der Waals surface area (Å²) in [7, 11) is 0. The van der Waals surface area contributed by atoms with Crippen LogP contribution in [-0.4, -0.2) is 10.1 Å². The van der Waals surface area contributed by atoms with Crippen molar-refractivity contribution in [3.05, 3.63) is 129 Å². The van der Waals surface area contributed by atoms with Gasteiger partial charge in [0.2, 0.25) is 0 Å². The van der Waals surface area contributed by atoms with E-state index in [1.165, 1.54) is 28.0 Å². The van der Waals surface area contributed by atoms with Crippen molar-refractivity contribution < 1.29 is 5.11 Å². The number of hydrogen-bond acceptors (Lipinski definition) is 4. The molecular weight excluding hydrogens is 394 g/mol. The van der Waals surface area contributed by atoms with Gasteiger partial charge in [0.05, 0.1) is 16.2 Å². The predicted molar refractivity (Wildman–Crippen MR) is 124 cm³/mol. The Kier molecular flexibility index (Phi) is 6.25. The average Bonchev–Trinajstić information content (AvgIpc) is 3.27. The van der Waals surface area contributed by atoms with E-state index in [1.54, 1.807) is 18.0 Å². The molecule has 0 atom stereocenters. The van der Waals surface area contributed by atoms with E-state index in [4.69, 9.17) is 0 Å². The van der Waals surface area contributed by atoms with Crippen molar-refractivity contribution in [2.75, 3.05) is 0 Å². The fourth-order valence-electron chi connectivity index (χ4n) is 3.39. The number of rotatable bonds is 7. The van der Waals surface area contributed by atoms with Crippen molar-refractivity contribution >= 4 is 29.2 Å². The maximum Gasteiger partial charge on any atom is 0.116 e. The monoisotopic (exact) mass is 415 g/mol. The quantitative estimate of drug-likeness (QED) is 0.358. The summed E-state index contributed by atoms with van der Waals surface area (Å²) in [5, 5.41) is 12.3. The summed E-state index contributed by atoms with van der Waals surface area (Å²) >= 11 is 3.27. The van der Waals surface area contributed by atoms with Crippen LogP contribution in [0.1, 0.15) is 26.6 Å². The number of thiazole rings is 1. The first-order chi connectivity index (χ1) is 14.3. The molecule has 0 radical (unpaired) electrons. The summed E-state index contributed by atoms with van der Waals surface area (Å²) in [4.78, 5) is 5.25. The highest BCUT2D eigenvalue weighted by Gasteiger charge is 2.36. The lowest BCUT2D eigenvalue weighted by molar-refractivity contribution is 0.285. The van der Waals surface area contributed by atoms with Gasteiger partial charge in [-0.15, -0.1) is 23.1 Å². The lowest BCUT2D eigenvalue weighted by atomic mass is 9.84. The van der Waals surface area contributed by atoms with Crippen LogP contribution in [0.4, 0.5) is 0 Å². The molecule has 0 aliphatic heterocycles. The first-order valence-corrected chi connectivity index (χ1v) is 11.1. The molecule has 0 saturated carbocycles. The molecule has 4 aromatic rings. The van der Waals surface area contributed by atoms with Gasteiger partial charge in [0.1, 0.15) is 5.01 Å². The van der Waals surface area contributed by atoms with Crippen LogP contribution in [0.5, 0.6) is 0 Å². The van der Waals surface area contributed by atoms with Crippen LogP contribution in [0, 0.1) is 0 Å². The normalized spacial score (nSPS) is 11.8. The Labute approximate surface area is 179 Å². The Balaban J connectivity index is 1.83. The van der Waals surface area contributed by atoms with Gasteiger partial charge >= 0.3 is 0 Å². The Bertz CT molecular complexity index is 963. The van der Waals surface area contributed by atoms with Crippen LogP contribution in [0.15, 0.2) is 103 Å². The Hall–Kier alpha value is -2.66. The Morgan fingerprint density at radius 2 is 1.28 bits per heavy atom. The molecule has 1 N–H and O–H groups in total. The summed E-state index contributed by atoms with van der Waals surface area (Å²) in [5.41, 5.74) is 3.67. The lowest BCUT2D eigenvalue weighted by Crippen LogP contribution is -2.24. The average molecular weight is 416 g/mol. The second kappa shape index (κ2) is 9.23. The smallest absolute Gasteiger partial charge is 0.116 e. The molecule has 1 aromatic heterocycles. The number of nitrogens with zero attached hydrogens (tertiary/aromatic N) is 1. The van der Waals surface area contributed by atoms with Crippen molar-refractivity contribution in [2.24, 2.45) is 0 Å². The molecular formula is C25H21NOS2. The van der Waals surface area contributed by atoms with E-state index in [1.807, 2.05) is 6.08 Å². The van der Waals surface area contributed by atoms with Crippen molar-refractivity contribution in [1.82, 2.24) is 4.98 Å². The van der Waals surface area contributed by atoms with Crippen molar-refractivity contribution in [2.45, 2.75) is 11.4 Å². The van der Waals surface area contributed by atoms with E-state index >= 15 is 0 Å². The SMILES string of the molecule is OCc1cnc(C=CSC(c2ccccc2)(c2ccccc2)c2ccccc2)s1. The first-order valence-electron chi connectivity index (χ1n) is 9.39. The Morgan fingerprint density at radius 1 is 0.793 bits per heavy atom. The topological polar surface area (TPSA) is 33.1 Å². The summed E-state index contributed by atoms with van der Waals surface area (Å²) in [6.45, 7) is 0.0284. The van der Waals surface area contributed by atoms with Crippen LogP contribution >= 0.6 is 23.1 Å². The van der Waals surface area contributed by atoms with E-state index in [9.17, 15) is 5.11 Å². The minimum Gasteiger partial charge on any atom is -0.391 e. The van der Waals surface area contributed by atoms with Gasteiger partial charge in [-0.2, -0.15) is 0 Å². The zero-order valence-electron chi connectivity index (χ0n) is 15.8. The molecule has 0 bridgehead atoms. The third-order valence-electron chi connectivity index (χ3n) is 4.72. The largest absolute Gasteiger partial charge is 0.391 e. The molecule has 0 spiro atoms. The fourth-order valence-corrected chi connectivity index (χ4v) is 5.37. The zero-order chi connectivity index (χ0) is 19.9. The van der Waals surface area contributed by atoms with Gasteiger partial charge in [-0.25, -0.2) is 4.98 Å². The summed E-state index contributed by atoms with van der Waals surface area (Å²) in [5.74, 6) is 0. The number of thioether (sulfide) groups is 1. The van der Waals surface area contributed by atoms with Gasteiger partial charge in [-0.3, -0.25) is 0 Å². The number of hydrogen-bond donors (Lipinski definition) is 1. The van der Waals surface area contributed by atoms with E-state index in [0.29, 0.717) is 0 Å². The van der Waals surface area contributed by atoms with E-state index < -0.39 is 0 Å². The van der Waals surface area contributed by atoms with Gasteiger partial charge in [-0.1, -0.05) is 91.0 Å². The summed E-state index contributed by atoms with van der Waals surface area (Å²) in [6, 6.07) is 31.8. The van der Waals surface area contributed by atoms with Crippen LogP contribution in [-0.2, 0) is 11.4 Å². The predicted octanol–water partition coefficient (Wildman–Crippen LogP) is 6.33. The number of aromatic nitrogens is 1. The second-order valence-corrected chi connectivity index (χ2v) is 8.79. The first kappa shape index (κ1) is 19.6. The third kappa shape index (κ3) is 4.20. The van der Waals surface area contributed by atoms with Crippen LogP contribution in [0.3, 0.4) is 0 Å². The highest BCUT2D eigenvalue weighted by molar-refractivity contribution is 8.03. The maximum atomic E-state index is 9.29. The van der Waals surface area contributed by atoms with Crippen LogP contribution in [0.2, 0.25) is 0 Å². The Morgan fingerprint density at radius 3 is 1.69 bits per heavy atom. The van der Waals surface area contributed by atoms with E-state index in [-0.39, 0.29) is 11.4 Å². The van der Waals surface area contributed by atoms with Crippen LogP contribution in [0.25, 0.3) is 6.08 Å². The van der Waals surface area contributed by atoms with Gasteiger partial charge in [-0.05, 0) is 28.2 Å². The maximum absolute atomic E-state index is 9.29. The van der Waals surface area contributed by atoms with E-state index in [0.717, 1.165) is 9.88 Å². The molecule has 1 heterocycles. The molecule has 0 saturated heterocycles. The minimum atomic E-state index is -0.378. The number of aliphatic hydroxyl groups excluding tert-OH is 1. The molecule has 2 nitrogen and oxygen atoms in total. The molecule has 3 aromatic carbocycles. The van der Waals surface area contributed by atoms with Crippen molar-refractivity contribution in [3.63, 3.8) is 0 Å². The fraction of sp³-hybridized carbons (Fsp3) is 0.0800.